The molecule has 1 heterocycles. The zero-order valence-corrected chi connectivity index (χ0v) is 11.5. The molecule has 0 saturated carbocycles. The molecule has 2 aromatic rings. The summed E-state index contributed by atoms with van der Waals surface area (Å²) in [6, 6.07) is 8.37. The zero-order chi connectivity index (χ0) is 13.1. The molecular weight excluding hydrogens is 316 g/mol. The van der Waals surface area contributed by atoms with E-state index in [2.05, 4.69) is 20.9 Å². The highest BCUT2D eigenvalue weighted by Crippen LogP contribution is 2.31. The monoisotopic (exact) mass is 324 g/mol. The maximum absolute atomic E-state index is 11.1. The van der Waals surface area contributed by atoms with E-state index in [0.29, 0.717) is 15.6 Å². The Bertz CT molecular complexity index is 587. The molecule has 18 heavy (non-hydrogen) atoms. The lowest BCUT2D eigenvalue weighted by Gasteiger charge is -2.06. The summed E-state index contributed by atoms with van der Waals surface area (Å²) in [5.41, 5.74) is 6.42. The lowest BCUT2D eigenvalue weighted by atomic mass is 10.2. The van der Waals surface area contributed by atoms with Gasteiger partial charge in [0.2, 0.25) is 0 Å². The van der Waals surface area contributed by atoms with Crippen LogP contribution in [0.2, 0.25) is 0 Å². The van der Waals surface area contributed by atoms with Gasteiger partial charge in [-0.2, -0.15) is 0 Å². The summed E-state index contributed by atoms with van der Waals surface area (Å²) in [4.78, 5) is 15.9. The predicted octanol–water partition coefficient (Wildman–Crippen LogP) is 3.28. The largest absolute Gasteiger partial charge is 0.478 e. The summed E-state index contributed by atoms with van der Waals surface area (Å²) < 4.78 is 0.873. The summed E-state index contributed by atoms with van der Waals surface area (Å²) >= 11 is 4.57. The molecule has 0 saturated heterocycles. The number of hydrogen-bond donors (Lipinski definition) is 2. The fourth-order valence-electron chi connectivity index (χ4n) is 1.34. The molecule has 0 fully saturated rings. The number of aromatic carboxylic acids is 1. The standard InChI is InChI=1S/C12H9BrN2O2S/c13-7-1-4-11(15-6-7)18-10-5-8(14)2-3-9(10)12(16)17/h1-6H,14H2,(H,16,17). The molecule has 0 aliphatic carbocycles. The Labute approximate surface area is 116 Å². The van der Waals surface area contributed by atoms with E-state index in [1.54, 1.807) is 18.3 Å². The number of halogens is 1. The number of benzene rings is 1. The van der Waals surface area contributed by atoms with Gasteiger partial charge in [-0.15, -0.1) is 0 Å². The number of nitrogen functional groups attached to an aromatic ring is 1. The molecule has 0 radical (unpaired) electrons. The second kappa shape index (κ2) is 5.41. The number of rotatable bonds is 3. The summed E-state index contributed by atoms with van der Waals surface area (Å²) in [6.07, 6.45) is 1.66. The summed E-state index contributed by atoms with van der Waals surface area (Å²) in [7, 11) is 0. The van der Waals surface area contributed by atoms with Crippen LogP contribution < -0.4 is 5.73 Å². The van der Waals surface area contributed by atoms with Crippen LogP contribution in [0.4, 0.5) is 5.69 Å². The van der Waals surface area contributed by atoms with Crippen LogP contribution in [-0.4, -0.2) is 16.1 Å². The van der Waals surface area contributed by atoms with Crippen LogP contribution in [0.25, 0.3) is 0 Å². The van der Waals surface area contributed by atoms with Gasteiger partial charge in [0.25, 0.3) is 0 Å². The van der Waals surface area contributed by atoms with Crippen molar-refractivity contribution >= 4 is 39.3 Å². The van der Waals surface area contributed by atoms with Crippen molar-refractivity contribution in [1.29, 1.82) is 0 Å². The highest BCUT2D eigenvalue weighted by molar-refractivity contribution is 9.10. The Morgan fingerprint density at radius 3 is 2.72 bits per heavy atom. The summed E-state index contributed by atoms with van der Waals surface area (Å²) in [5, 5.41) is 9.81. The van der Waals surface area contributed by atoms with Gasteiger partial charge in [0.05, 0.1) is 5.56 Å². The molecule has 1 aromatic heterocycles. The fraction of sp³-hybridized carbons (Fsp3) is 0. The molecule has 6 heteroatoms. The van der Waals surface area contributed by atoms with Gasteiger partial charge in [0.1, 0.15) is 5.03 Å². The molecule has 2 rings (SSSR count). The first kappa shape index (κ1) is 12.9. The van der Waals surface area contributed by atoms with E-state index in [4.69, 9.17) is 10.8 Å². The number of anilines is 1. The highest BCUT2D eigenvalue weighted by Gasteiger charge is 2.12. The number of aromatic nitrogens is 1. The van der Waals surface area contributed by atoms with Crippen molar-refractivity contribution in [3.05, 3.63) is 46.6 Å². The third kappa shape index (κ3) is 3.02. The molecule has 0 amide bonds. The van der Waals surface area contributed by atoms with Gasteiger partial charge < -0.3 is 10.8 Å². The number of hydrogen-bond acceptors (Lipinski definition) is 4. The number of carboxylic acids is 1. The molecule has 0 aliphatic rings. The minimum atomic E-state index is -0.977. The Hall–Kier alpha value is -1.53. The first-order valence-electron chi connectivity index (χ1n) is 4.98. The average Bonchev–Trinajstić information content (AvgIpc) is 2.32. The minimum Gasteiger partial charge on any atom is -0.478 e. The van der Waals surface area contributed by atoms with E-state index in [0.717, 1.165) is 4.47 Å². The minimum absolute atomic E-state index is 0.221. The molecule has 0 bridgehead atoms. The van der Waals surface area contributed by atoms with Gasteiger partial charge in [0.15, 0.2) is 0 Å². The van der Waals surface area contributed by atoms with E-state index in [1.807, 2.05) is 12.1 Å². The van der Waals surface area contributed by atoms with Crippen LogP contribution in [0, 0.1) is 0 Å². The SMILES string of the molecule is Nc1ccc(C(=O)O)c(Sc2ccc(Br)cn2)c1. The van der Waals surface area contributed by atoms with Crippen LogP contribution in [0.5, 0.6) is 0 Å². The second-order valence-corrected chi connectivity index (χ2v) is 5.46. The van der Waals surface area contributed by atoms with Gasteiger partial charge in [-0.05, 0) is 46.3 Å². The van der Waals surface area contributed by atoms with Crippen molar-refractivity contribution in [3.8, 4) is 0 Å². The molecule has 1 aromatic carbocycles. The van der Waals surface area contributed by atoms with Crippen molar-refractivity contribution in [2.45, 2.75) is 9.92 Å². The normalized spacial score (nSPS) is 10.3. The van der Waals surface area contributed by atoms with Crippen molar-refractivity contribution in [2.75, 3.05) is 5.73 Å². The van der Waals surface area contributed by atoms with Crippen LogP contribution in [0.1, 0.15) is 10.4 Å². The molecule has 0 unspecified atom stereocenters. The van der Waals surface area contributed by atoms with Gasteiger partial charge in [0, 0.05) is 21.3 Å². The topological polar surface area (TPSA) is 76.2 Å². The lowest BCUT2D eigenvalue weighted by Crippen LogP contribution is -2.00. The third-order valence-electron chi connectivity index (χ3n) is 2.15. The van der Waals surface area contributed by atoms with E-state index in [1.165, 1.54) is 17.8 Å². The first-order chi connectivity index (χ1) is 8.56. The number of nitrogens with zero attached hydrogens (tertiary/aromatic N) is 1. The maximum atomic E-state index is 11.1. The van der Waals surface area contributed by atoms with Crippen LogP contribution >= 0.6 is 27.7 Å². The van der Waals surface area contributed by atoms with Crippen LogP contribution in [-0.2, 0) is 0 Å². The predicted molar refractivity (Wildman–Crippen MR) is 73.9 cm³/mol. The third-order valence-corrected chi connectivity index (χ3v) is 3.63. The summed E-state index contributed by atoms with van der Waals surface area (Å²) in [5.74, 6) is -0.977. The highest BCUT2D eigenvalue weighted by atomic mass is 79.9. The Morgan fingerprint density at radius 1 is 1.33 bits per heavy atom. The van der Waals surface area contributed by atoms with Crippen molar-refractivity contribution in [2.24, 2.45) is 0 Å². The van der Waals surface area contributed by atoms with Gasteiger partial charge in [-0.1, -0.05) is 11.8 Å². The van der Waals surface area contributed by atoms with Crippen molar-refractivity contribution < 1.29 is 9.90 Å². The lowest BCUT2D eigenvalue weighted by molar-refractivity contribution is 0.0693. The van der Waals surface area contributed by atoms with Crippen molar-refractivity contribution in [3.63, 3.8) is 0 Å². The average molecular weight is 325 g/mol. The quantitative estimate of drug-likeness (QED) is 0.847. The second-order valence-electron chi connectivity index (χ2n) is 3.48. The van der Waals surface area contributed by atoms with Gasteiger partial charge in [-0.25, -0.2) is 9.78 Å². The van der Waals surface area contributed by atoms with Crippen molar-refractivity contribution in [1.82, 2.24) is 4.98 Å². The van der Waals surface area contributed by atoms with E-state index >= 15 is 0 Å². The number of carboxylic acid groups (broad SMARTS) is 1. The fourth-order valence-corrected chi connectivity index (χ4v) is 2.50. The molecule has 0 aliphatic heterocycles. The number of carbonyl (C=O) groups is 1. The Balaban J connectivity index is 2.35. The first-order valence-corrected chi connectivity index (χ1v) is 6.59. The van der Waals surface area contributed by atoms with Crippen LogP contribution in [0.15, 0.2) is 50.9 Å². The van der Waals surface area contributed by atoms with Gasteiger partial charge in [-0.3, -0.25) is 0 Å². The smallest absolute Gasteiger partial charge is 0.336 e. The molecule has 92 valence electrons. The molecule has 0 atom stereocenters. The molecular formula is C12H9BrN2O2S. The van der Waals surface area contributed by atoms with E-state index in [-0.39, 0.29) is 5.56 Å². The van der Waals surface area contributed by atoms with E-state index in [9.17, 15) is 4.79 Å². The molecule has 0 spiro atoms. The van der Waals surface area contributed by atoms with Gasteiger partial charge >= 0.3 is 5.97 Å². The van der Waals surface area contributed by atoms with Crippen LogP contribution in [0.3, 0.4) is 0 Å². The zero-order valence-electron chi connectivity index (χ0n) is 9.13. The number of nitrogens with two attached hydrogens (primary N) is 1. The molecule has 4 nitrogen and oxygen atoms in total. The molecule has 3 N–H and O–H groups in total. The Kier molecular flexibility index (Phi) is 3.88. The Morgan fingerprint density at radius 2 is 2.11 bits per heavy atom. The number of pyridine rings is 1. The van der Waals surface area contributed by atoms with E-state index < -0.39 is 5.97 Å². The maximum Gasteiger partial charge on any atom is 0.336 e. The summed E-state index contributed by atoms with van der Waals surface area (Å²) in [6.45, 7) is 0.